The molecule has 0 N–H and O–H groups in total. The van der Waals surface area contributed by atoms with Gasteiger partial charge in [0, 0.05) is 9.86 Å². The number of nitrogens with zero attached hydrogens (tertiary/aromatic N) is 2. The van der Waals surface area contributed by atoms with E-state index >= 15 is 0 Å². The van der Waals surface area contributed by atoms with Crippen molar-refractivity contribution in [1.82, 2.24) is 9.78 Å². The lowest BCUT2D eigenvalue weighted by Crippen LogP contribution is -2.04. The van der Waals surface area contributed by atoms with E-state index in [9.17, 15) is 4.79 Å². The summed E-state index contributed by atoms with van der Waals surface area (Å²) in [5.74, 6) is 0. The zero-order chi connectivity index (χ0) is 17.9. The monoisotopic (exact) mass is 402 g/mol. The van der Waals surface area contributed by atoms with Crippen LogP contribution in [0.5, 0.6) is 0 Å². The summed E-state index contributed by atoms with van der Waals surface area (Å²) in [6.45, 7) is 0. The lowest BCUT2D eigenvalue weighted by Gasteiger charge is -2.00. The van der Waals surface area contributed by atoms with Crippen molar-refractivity contribution in [3.8, 4) is 5.69 Å². The van der Waals surface area contributed by atoms with Gasteiger partial charge >= 0.3 is 0 Å². The van der Waals surface area contributed by atoms with Gasteiger partial charge in [0.25, 0.3) is 0 Å². The molecular weight excluding hydrogens is 388 g/mol. The molecule has 1 aromatic heterocycles. The van der Waals surface area contributed by atoms with Crippen LogP contribution in [0.2, 0.25) is 0 Å². The fourth-order valence-electron chi connectivity index (χ4n) is 2.88. The Labute approximate surface area is 159 Å². The molecule has 0 amide bonds. The van der Waals surface area contributed by atoms with Gasteiger partial charge in [0.2, 0.25) is 5.43 Å². The molecule has 3 nitrogen and oxygen atoms in total. The first kappa shape index (κ1) is 16.5. The maximum Gasteiger partial charge on any atom is 0.204 e. The van der Waals surface area contributed by atoms with E-state index in [0.29, 0.717) is 5.52 Å². The highest BCUT2D eigenvalue weighted by molar-refractivity contribution is 9.10. The third kappa shape index (κ3) is 3.11. The first-order valence-electron chi connectivity index (χ1n) is 8.24. The van der Waals surface area contributed by atoms with Gasteiger partial charge < -0.3 is 0 Å². The number of hydrogen-bond acceptors (Lipinski definition) is 2. The van der Waals surface area contributed by atoms with Crippen LogP contribution < -0.4 is 5.43 Å². The first-order valence-corrected chi connectivity index (χ1v) is 9.03. The minimum Gasteiger partial charge on any atom is -0.288 e. The average molecular weight is 403 g/mol. The highest BCUT2D eigenvalue weighted by Gasteiger charge is 2.12. The Balaban J connectivity index is 1.94. The van der Waals surface area contributed by atoms with Crippen LogP contribution in [0.25, 0.3) is 28.7 Å². The molecule has 4 aromatic rings. The SMILES string of the molecule is O=c1ccccc2c(/C=C\c3ccccc3Br)nn(-c3ccccc3)c12. The molecule has 0 radical (unpaired) electrons. The van der Waals surface area contributed by atoms with Crippen LogP contribution in [0.15, 0.2) is 88.1 Å². The van der Waals surface area contributed by atoms with Crippen molar-refractivity contribution in [3.05, 3.63) is 105 Å². The Kier molecular flexibility index (Phi) is 4.50. The molecule has 0 fully saturated rings. The van der Waals surface area contributed by atoms with E-state index in [2.05, 4.69) is 15.9 Å². The minimum absolute atomic E-state index is 0.0538. The fraction of sp³-hybridized carbons (Fsp3) is 0. The lowest BCUT2D eigenvalue weighted by molar-refractivity contribution is 0.902. The van der Waals surface area contributed by atoms with Crippen molar-refractivity contribution in [1.29, 1.82) is 0 Å². The van der Waals surface area contributed by atoms with Crippen LogP contribution in [-0.2, 0) is 0 Å². The number of rotatable bonds is 3. The number of fused-ring (bicyclic) bond motifs is 1. The van der Waals surface area contributed by atoms with Crippen LogP contribution in [0.4, 0.5) is 0 Å². The van der Waals surface area contributed by atoms with Gasteiger partial charge in [-0.3, -0.25) is 4.79 Å². The van der Waals surface area contributed by atoms with Gasteiger partial charge in [-0.15, -0.1) is 0 Å². The predicted molar refractivity (Wildman–Crippen MR) is 110 cm³/mol. The second-order valence-corrected chi connectivity index (χ2v) is 6.69. The molecule has 0 saturated carbocycles. The molecule has 0 aliphatic carbocycles. The predicted octanol–water partition coefficient (Wildman–Crippen LogP) is 5.32. The summed E-state index contributed by atoms with van der Waals surface area (Å²) in [6.07, 6.45) is 3.94. The van der Waals surface area contributed by atoms with Gasteiger partial charge in [-0.25, -0.2) is 4.68 Å². The van der Waals surface area contributed by atoms with Gasteiger partial charge in [0.1, 0.15) is 5.52 Å². The molecule has 0 bridgehead atoms. The maximum atomic E-state index is 12.6. The molecule has 126 valence electrons. The van der Waals surface area contributed by atoms with Crippen LogP contribution in [0.1, 0.15) is 11.3 Å². The van der Waals surface area contributed by atoms with Crippen LogP contribution in [0.3, 0.4) is 0 Å². The van der Waals surface area contributed by atoms with E-state index in [1.807, 2.05) is 78.9 Å². The topological polar surface area (TPSA) is 34.9 Å². The van der Waals surface area contributed by atoms with Crippen LogP contribution in [0, 0.1) is 0 Å². The molecule has 26 heavy (non-hydrogen) atoms. The van der Waals surface area contributed by atoms with E-state index in [1.165, 1.54) is 0 Å². The number of aromatic nitrogens is 2. The summed E-state index contributed by atoms with van der Waals surface area (Å²) in [5.41, 5.74) is 3.20. The Bertz CT molecular complexity index is 1160. The number of hydrogen-bond donors (Lipinski definition) is 0. The smallest absolute Gasteiger partial charge is 0.204 e. The highest BCUT2D eigenvalue weighted by atomic mass is 79.9. The van der Waals surface area contributed by atoms with E-state index in [-0.39, 0.29) is 5.43 Å². The molecule has 0 unspecified atom stereocenters. The van der Waals surface area contributed by atoms with Gasteiger partial charge in [-0.1, -0.05) is 76.6 Å². The summed E-state index contributed by atoms with van der Waals surface area (Å²) in [5, 5.41) is 5.53. The minimum atomic E-state index is -0.0538. The largest absolute Gasteiger partial charge is 0.288 e. The third-order valence-corrected chi connectivity index (χ3v) is 4.85. The van der Waals surface area contributed by atoms with Crippen molar-refractivity contribution in [2.75, 3.05) is 0 Å². The quantitative estimate of drug-likeness (QED) is 0.464. The fourth-order valence-corrected chi connectivity index (χ4v) is 3.30. The molecule has 0 saturated heterocycles. The Morgan fingerprint density at radius 1 is 0.808 bits per heavy atom. The van der Waals surface area contributed by atoms with Crippen LogP contribution >= 0.6 is 15.9 Å². The summed E-state index contributed by atoms with van der Waals surface area (Å²) in [4.78, 5) is 12.6. The summed E-state index contributed by atoms with van der Waals surface area (Å²) in [6, 6.07) is 24.8. The molecular formula is C22H15BrN2O. The number of para-hydroxylation sites is 1. The molecule has 3 aromatic carbocycles. The molecule has 0 atom stereocenters. The number of benzene rings is 2. The molecule has 0 aliphatic rings. The summed E-state index contributed by atoms with van der Waals surface area (Å²) in [7, 11) is 0. The Hall–Kier alpha value is -2.98. The van der Waals surface area contributed by atoms with Gasteiger partial charge in [0.15, 0.2) is 0 Å². The van der Waals surface area contributed by atoms with E-state index < -0.39 is 0 Å². The molecule has 0 aliphatic heterocycles. The van der Waals surface area contributed by atoms with Crippen LogP contribution in [-0.4, -0.2) is 9.78 Å². The van der Waals surface area contributed by atoms with Crippen molar-refractivity contribution in [2.45, 2.75) is 0 Å². The summed E-state index contributed by atoms with van der Waals surface area (Å²) >= 11 is 3.55. The lowest BCUT2D eigenvalue weighted by atomic mass is 10.2. The van der Waals surface area contributed by atoms with Crippen molar-refractivity contribution < 1.29 is 0 Å². The first-order chi connectivity index (χ1) is 12.7. The average Bonchev–Trinajstić information content (AvgIpc) is 2.92. The molecule has 4 rings (SSSR count). The van der Waals surface area contributed by atoms with E-state index in [1.54, 1.807) is 16.8 Å². The summed E-state index contributed by atoms with van der Waals surface area (Å²) < 4.78 is 2.73. The van der Waals surface area contributed by atoms with Gasteiger partial charge in [-0.05, 0) is 35.9 Å². The zero-order valence-electron chi connectivity index (χ0n) is 13.8. The van der Waals surface area contributed by atoms with Crippen molar-refractivity contribution >= 4 is 39.0 Å². The second kappa shape index (κ2) is 7.10. The number of halogens is 1. The highest BCUT2D eigenvalue weighted by Crippen LogP contribution is 2.23. The molecule has 4 heteroatoms. The van der Waals surface area contributed by atoms with E-state index in [4.69, 9.17) is 5.10 Å². The van der Waals surface area contributed by atoms with Crippen molar-refractivity contribution in [3.63, 3.8) is 0 Å². The van der Waals surface area contributed by atoms with E-state index in [0.717, 1.165) is 26.8 Å². The standard InChI is InChI=1S/C22H15BrN2O/c23-19-12-6-4-8-16(19)14-15-20-18-11-5-7-13-21(26)22(18)25(24-20)17-9-2-1-3-10-17/h1-15H/b15-14-. The molecule has 1 heterocycles. The Morgan fingerprint density at radius 2 is 1.50 bits per heavy atom. The molecule has 0 spiro atoms. The van der Waals surface area contributed by atoms with Crippen molar-refractivity contribution in [2.24, 2.45) is 0 Å². The van der Waals surface area contributed by atoms with Gasteiger partial charge in [0.05, 0.1) is 11.4 Å². The van der Waals surface area contributed by atoms with Gasteiger partial charge in [-0.2, -0.15) is 5.10 Å². The second-order valence-electron chi connectivity index (χ2n) is 5.83. The zero-order valence-corrected chi connectivity index (χ0v) is 15.4. The third-order valence-electron chi connectivity index (χ3n) is 4.13. The normalized spacial score (nSPS) is 11.3. The maximum absolute atomic E-state index is 12.6. The Morgan fingerprint density at radius 3 is 2.31 bits per heavy atom.